The van der Waals surface area contributed by atoms with Crippen molar-refractivity contribution >= 4 is 78.2 Å². The zero-order chi connectivity index (χ0) is 36.9. The lowest BCUT2D eigenvalue weighted by Gasteiger charge is -2.09. The van der Waals surface area contributed by atoms with Crippen LogP contribution in [-0.2, 0) is 16.0 Å². The molecule has 0 aliphatic carbocycles. The molecule has 52 heavy (non-hydrogen) atoms. The number of fused-ring (bicyclic) bond motifs is 2. The summed E-state index contributed by atoms with van der Waals surface area (Å²) in [6.45, 7) is 4.39. The molecule has 1 N–H and O–H groups in total. The second-order valence-corrected chi connectivity index (χ2v) is 14.1. The van der Waals surface area contributed by atoms with Crippen LogP contribution in [0.3, 0.4) is 0 Å². The Kier molecular flexibility index (Phi) is 10.8. The van der Waals surface area contributed by atoms with Gasteiger partial charge in [0, 0.05) is 44.9 Å². The molecule has 0 spiro atoms. The van der Waals surface area contributed by atoms with Crippen LogP contribution in [0.4, 0.5) is 11.5 Å². The average Bonchev–Trinajstić information content (AvgIpc) is 3.74. The van der Waals surface area contributed by atoms with Crippen LogP contribution in [0.2, 0.25) is 5.15 Å². The first kappa shape index (κ1) is 36.0. The van der Waals surface area contributed by atoms with E-state index in [0.29, 0.717) is 40.3 Å². The molecule has 12 nitrogen and oxygen atoms in total. The minimum atomic E-state index is -0.412. The molecule has 0 unspecified atom stereocenters. The number of nitro benzene ring substituents is 1. The number of methoxy groups -OCH3 is 2. The maximum absolute atomic E-state index is 11.7. The van der Waals surface area contributed by atoms with Crippen molar-refractivity contribution in [3.63, 3.8) is 0 Å². The number of ether oxygens (including phenoxy) is 2. The zero-order valence-corrected chi connectivity index (χ0v) is 30.6. The molecule has 15 heteroatoms. The van der Waals surface area contributed by atoms with Gasteiger partial charge in [0.15, 0.2) is 11.6 Å². The van der Waals surface area contributed by atoms with E-state index in [-0.39, 0.29) is 11.7 Å². The molecule has 0 aliphatic heterocycles. The summed E-state index contributed by atoms with van der Waals surface area (Å²) in [6.07, 6.45) is 0. The molecule has 0 fully saturated rings. The van der Waals surface area contributed by atoms with Crippen molar-refractivity contribution < 1.29 is 24.0 Å². The van der Waals surface area contributed by atoms with Gasteiger partial charge in [0.1, 0.15) is 20.6 Å². The first-order valence-corrected chi connectivity index (χ1v) is 17.6. The summed E-state index contributed by atoms with van der Waals surface area (Å²) in [7, 11) is 2.69. The second-order valence-electron chi connectivity index (χ2n) is 11.3. The lowest BCUT2D eigenvalue weighted by Crippen LogP contribution is -2.04. The third-order valence-corrected chi connectivity index (χ3v) is 9.87. The van der Waals surface area contributed by atoms with E-state index in [2.05, 4.69) is 30.0 Å². The van der Waals surface area contributed by atoms with E-state index in [9.17, 15) is 19.7 Å². The van der Waals surface area contributed by atoms with Gasteiger partial charge in [0.05, 0.1) is 35.7 Å². The third kappa shape index (κ3) is 8.04. The van der Waals surface area contributed by atoms with Crippen molar-refractivity contribution in [1.82, 2.24) is 19.9 Å². The van der Waals surface area contributed by atoms with Gasteiger partial charge in [-0.25, -0.2) is 29.5 Å². The van der Waals surface area contributed by atoms with E-state index < -0.39 is 10.9 Å². The Hall–Kier alpha value is -5.83. The van der Waals surface area contributed by atoms with Gasteiger partial charge in [-0.15, -0.1) is 22.7 Å². The number of aromatic nitrogens is 4. The Morgan fingerprint density at radius 1 is 0.750 bits per heavy atom. The Morgan fingerprint density at radius 3 is 1.81 bits per heavy atom. The van der Waals surface area contributed by atoms with Crippen molar-refractivity contribution in [2.75, 3.05) is 19.5 Å². The van der Waals surface area contributed by atoms with Gasteiger partial charge in [-0.1, -0.05) is 48.0 Å². The summed E-state index contributed by atoms with van der Waals surface area (Å²) in [5, 5.41) is 16.5. The normalized spacial score (nSPS) is 10.8. The molecule has 3 aromatic carbocycles. The van der Waals surface area contributed by atoms with Gasteiger partial charge in [0.25, 0.3) is 5.69 Å². The fourth-order valence-electron chi connectivity index (χ4n) is 5.15. The van der Waals surface area contributed by atoms with Crippen molar-refractivity contribution in [3.8, 4) is 22.8 Å². The van der Waals surface area contributed by atoms with Crippen molar-refractivity contribution in [1.29, 1.82) is 0 Å². The van der Waals surface area contributed by atoms with E-state index >= 15 is 0 Å². The fraction of sp³-hybridized carbons (Fsp3) is 0.135. The number of halogens is 1. The van der Waals surface area contributed by atoms with Gasteiger partial charge >= 0.3 is 11.9 Å². The summed E-state index contributed by atoms with van der Waals surface area (Å²) in [4.78, 5) is 55.9. The molecule has 7 aromatic rings. The zero-order valence-electron chi connectivity index (χ0n) is 28.2. The number of nitrogens with zero attached hydrogens (tertiary/aromatic N) is 5. The maximum Gasteiger partial charge on any atom is 0.337 e. The van der Waals surface area contributed by atoms with Crippen LogP contribution in [0.5, 0.6) is 0 Å². The molecule has 4 heterocycles. The highest BCUT2D eigenvalue weighted by Gasteiger charge is 2.15. The quantitative estimate of drug-likeness (QED) is 0.0683. The number of non-ortho nitro benzene ring substituents is 1. The van der Waals surface area contributed by atoms with Gasteiger partial charge in [-0.05, 0) is 55.8 Å². The largest absolute Gasteiger partial charge is 0.465 e. The van der Waals surface area contributed by atoms with E-state index in [4.69, 9.17) is 16.3 Å². The third-order valence-electron chi connectivity index (χ3n) is 7.70. The Morgan fingerprint density at radius 2 is 1.27 bits per heavy atom. The minimum Gasteiger partial charge on any atom is -0.465 e. The second kappa shape index (κ2) is 15.6. The SMILES string of the molecule is COC(=O)c1ccc(-c2nc(Cl)c3cc(C)sc3n2)cc1.COC(=O)c1ccc(-c2nc(NCc3cccc([N+](=O)[O-])c3)c3cc(C)sc3n2)cc1. The standard InChI is InChI=1S/C22H18N4O4S.C15H11ClN2O2S/c1-13-10-18-20(23-12-14-4-3-5-17(11-14)26(28)29)24-19(25-21(18)31-13)15-6-8-16(9-7-15)22(27)30-2;1-8-7-11-12(16)17-13(18-14(11)21-8)9-3-5-10(6-4-9)15(19)20-2/h3-11H,12H2,1-2H3,(H,23,24,25);3-7H,1-2H3. The van der Waals surface area contributed by atoms with Crippen LogP contribution < -0.4 is 5.32 Å². The first-order valence-electron chi connectivity index (χ1n) is 15.6. The number of carbonyl (C=O) groups excluding carboxylic acids is 2. The maximum atomic E-state index is 11.7. The van der Waals surface area contributed by atoms with Gasteiger partial charge < -0.3 is 14.8 Å². The molecule has 0 bridgehead atoms. The molecule has 0 saturated carbocycles. The van der Waals surface area contributed by atoms with Crippen LogP contribution in [0.25, 0.3) is 43.2 Å². The van der Waals surface area contributed by atoms with Crippen LogP contribution >= 0.6 is 34.3 Å². The van der Waals surface area contributed by atoms with Crippen LogP contribution in [0.1, 0.15) is 36.0 Å². The average molecular weight is 753 g/mol. The molecular formula is C37H29ClN6O6S2. The number of benzene rings is 3. The van der Waals surface area contributed by atoms with E-state index in [0.717, 1.165) is 46.9 Å². The highest BCUT2D eigenvalue weighted by atomic mass is 35.5. The lowest BCUT2D eigenvalue weighted by molar-refractivity contribution is -0.384. The minimum absolute atomic E-state index is 0.0462. The van der Waals surface area contributed by atoms with Crippen molar-refractivity contribution in [2.24, 2.45) is 0 Å². The molecule has 4 aromatic heterocycles. The first-order chi connectivity index (χ1) is 25.0. The van der Waals surface area contributed by atoms with E-state index in [1.165, 1.54) is 26.4 Å². The highest BCUT2D eigenvalue weighted by Crippen LogP contribution is 2.32. The van der Waals surface area contributed by atoms with E-state index in [1.807, 2.05) is 32.0 Å². The van der Waals surface area contributed by atoms with E-state index in [1.54, 1.807) is 77.3 Å². The number of nitro groups is 1. The molecule has 7 rings (SSSR count). The molecule has 0 amide bonds. The van der Waals surface area contributed by atoms with Crippen LogP contribution in [0.15, 0.2) is 84.9 Å². The summed E-state index contributed by atoms with van der Waals surface area (Å²) in [5.74, 6) is 0.937. The molecule has 0 aliphatic rings. The monoisotopic (exact) mass is 752 g/mol. The molecule has 262 valence electrons. The number of hydrogen-bond donors (Lipinski definition) is 1. The number of rotatable bonds is 8. The molecular weight excluding hydrogens is 724 g/mol. The number of carbonyl (C=O) groups is 2. The van der Waals surface area contributed by atoms with Gasteiger partial charge in [-0.2, -0.15) is 0 Å². The molecule has 0 saturated heterocycles. The summed E-state index contributed by atoms with van der Waals surface area (Å²) in [5.41, 5.74) is 3.32. The molecule has 0 radical (unpaired) electrons. The number of aryl methyl sites for hydroxylation is 2. The van der Waals surface area contributed by atoms with Crippen LogP contribution in [-0.4, -0.2) is 51.0 Å². The lowest BCUT2D eigenvalue weighted by atomic mass is 10.1. The summed E-state index contributed by atoms with van der Waals surface area (Å²) >= 11 is 9.35. The molecule has 0 atom stereocenters. The predicted molar refractivity (Wildman–Crippen MR) is 203 cm³/mol. The van der Waals surface area contributed by atoms with Crippen LogP contribution in [0, 0.1) is 24.0 Å². The fourth-order valence-corrected chi connectivity index (χ4v) is 7.19. The summed E-state index contributed by atoms with van der Waals surface area (Å²) in [6, 6.07) is 24.3. The van der Waals surface area contributed by atoms with Gasteiger partial charge in [0.2, 0.25) is 0 Å². The summed E-state index contributed by atoms with van der Waals surface area (Å²) < 4.78 is 9.41. The Bertz CT molecular complexity index is 2450. The van der Waals surface area contributed by atoms with Crippen molar-refractivity contribution in [3.05, 3.63) is 127 Å². The number of thiophene rings is 2. The van der Waals surface area contributed by atoms with Crippen molar-refractivity contribution in [2.45, 2.75) is 20.4 Å². The van der Waals surface area contributed by atoms with Gasteiger partial charge in [-0.3, -0.25) is 10.1 Å². The number of hydrogen-bond acceptors (Lipinski definition) is 13. The number of nitrogens with one attached hydrogen (secondary N) is 1. The number of esters is 2. The predicted octanol–water partition coefficient (Wildman–Crippen LogP) is 9.08. The smallest absolute Gasteiger partial charge is 0.337 e. The Balaban J connectivity index is 0.000000192. The topological polar surface area (TPSA) is 159 Å². The number of anilines is 1. The Labute approximate surface area is 310 Å². The highest BCUT2D eigenvalue weighted by molar-refractivity contribution is 7.19.